The van der Waals surface area contributed by atoms with E-state index in [1.807, 2.05) is 13.8 Å². The minimum Gasteiger partial charge on any atom is -0.402 e. The molecule has 0 amide bonds. The summed E-state index contributed by atoms with van der Waals surface area (Å²) in [6, 6.07) is 0. The van der Waals surface area contributed by atoms with E-state index in [9.17, 15) is 4.79 Å². The van der Waals surface area contributed by atoms with Crippen LogP contribution in [0.5, 0.6) is 0 Å². The van der Waals surface area contributed by atoms with Gasteiger partial charge in [-0.1, -0.05) is 13.8 Å². The zero-order valence-electron chi connectivity index (χ0n) is 13.0. The van der Waals surface area contributed by atoms with Gasteiger partial charge in [0, 0.05) is 31.1 Å². The van der Waals surface area contributed by atoms with Crippen molar-refractivity contribution < 1.29 is 4.79 Å². The molecule has 0 radical (unpaired) electrons. The molecular formula is C15H24N4O. The number of hydrogen-bond donors (Lipinski definition) is 1. The van der Waals surface area contributed by atoms with Gasteiger partial charge in [0.1, 0.15) is 0 Å². The molecule has 20 heavy (non-hydrogen) atoms. The fourth-order valence-corrected chi connectivity index (χ4v) is 1.96. The molecule has 0 aliphatic carbocycles. The van der Waals surface area contributed by atoms with E-state index in [1.54, 1.807) is 13.1 Å². The number of hydrogen-bond acceptors (Lipinski definition) is 5. The Morgan fingerprint density at radius 1 is 1.40 bits per heavy atom. The van der Waals surface area contributed by atoms with Gasteiger partial charge in [0.25, 0.3) is 0 Å². The Morgan fingerprint density at radius 2 is 2.00 bits per heavy atom. The highest BCUT2D eigenvalue weighted by Crippen LogP contribution is 2.20. The van der Waals surface area contributed by atoms with Gasteiger partial charge in [-0.05, 0) is 26.7 Å². The van der Waals surface area contributed by atoms with Crippen molar-refractivity contribution in [1.29, 1.82) is 0 Å². The molecule has 110 valence electrons. The largest absolute Gasteiger partial charge is 0.402 e. The van der Waals surface area contributed by atoms with Crippen LogP contribution in [0.15, 0.2) is 18.0 Å². The van der Waals surface area contributed by atoms with E-state index < -0.39 is 0 Å². The van der Waals surface area contributed by atoms with Crippen LogP contribution in [0.25, 0.3) is 0 Å². The third-order valence-electron chi connectivity index (χ3n) is 3.02. The lowest BCUT2D eigenvalue weighted by molar-refractivity contribution is 0.104. The number of rotatable bonds is 6. The maximum absolute atomic E-state index is 12.2. The molecule has 2 N–H and O–H groups in total. The van der Waals surface area contributed by atoms with E-state index in [-0.39, 0.29) is 11.7 Å². The second-order valence-corrected chi connectivity index (χ2v) is 5.05. The van der Waals surface area contributed by atoms with Gasteiger partial charge in [0.15, 0.2) is 5.78 Å². The maximum Gasteiger partial charge on any atom is 0.225 e. The molecule has 0 aliphatic heterocycles. The topological polar surface area (TPSA) is 72.1 Å². The zero-order valence-corrected chi connectivity index (χ0v) is 13.0. The van der Waals surface area contributed by atoms with E-state index in [4.69, 9.17) is 5.73 Å². The Kier molecular flexibility index (Phi) is 5.67. The quantitative estimate of drug-likeness (QED) is 0.638. The Morgan fingerprint density at radius 3 is 2.45 bits per heavy atom. The molecule has 1 rings (SSSR count). The highest BCUT2D eigenvalue weighted by molar-refractivity contribution is 6.05. The van der Waals surface area contributed by atoms with E-state index in [1.165, 1.54) is 6.08 Å². The Bertz CT molecular complexity index is 501. The van der Waals surface area contributed by atoms with Crippen LogP contribution in [0.4, 0.5) is 5.95 Å². The van der Waals surface area contributed by atoms with Crippen LogP contribution in [-0.4, -0.2) is 28.8 Å². The summed E-state index contributed by atoms with van der Waals surface area (Å²) in [4.78, 5) is 23.1. The first-order valence-corrected chi connectivity index (χ1v) is 7.00. The smallest absolute Gasteiger partial charge is 0.225 e. The number of nitrogens with two attached hydrogens (primary N) is 1. The number of aromatic nitrogens is 2. The molecule has 0 bridgehead atoms. The molecule has 0 saturated carbocycles. The van der Waals surface area contributed by atoms with Crippen LogP contribution in [0.2, 0.25) is 0 Å². The predicted molar refractivity (Wildman–Crippen MR) is 82.0 cm³/mol. The van der Waals surface area contributed by atoms with E-state index in [0.29, 0.717) is 17.2 Å². The second-order valence-electron chi connectivity index (χ2n) is 5.05. The molecule has 0 atom stereocenters. The number of carbonyl (C=O) groups is 1. The molecule has 5 heteroatoms. The Balaban J connectivity index is 3.27. The van der Waals surface area contributed by atoms with Crippen molar-refractivity contribution in [2.45, 2.75) is 40.5 Å². The van der Waals surface area contributed by atoms with Gasteiger partial charge in [-0.3, -0.25) is 4.79 Å². The van der Waals surface area contributed by atoms with E-state index in [0.717, 1.165) is 18.8 Å². The lowest BCUT2D eigenvalue weighted by Gasteiger charge is -2.20. The lowest BCUT2D eigenvalue weighted by atomic mass is 10.0. The second kappa shape index (κ2) is 7.03. The summed E-state index contributed by atoms with van der Waals surface area (Å²) in [5.74, 6) is 0.682. The van der Waals surface area contributed by atoms with Crippen LogP contribution in [0.3, 0.4) is 0 Å². The molecule has 0 aromatic carbocycles. The molecule has 1 aromatic rings. The normalized spacial score (nSPS) is 11.8. The fourth-order valence-electron chi connectivity index (χ4n) is 1.96. The Labute approximate surface area is 120 Å². The summed E-state index contributed by atoms with van der Waals surface area (Å²) < 4.78 is 0. The van der Waals surface area contributed by atoms with Crippen LogP contribution in [0, 0.1) is 0 Å². The Hall–Kier alpha value is -1.91. The SMILES string of the molecule is CCN(CC)c1ncc(C(=O)C=C(C)N)c(C(C)C)n1. The van der Waals surface area contributed by atoms with Crippen molar-refractivity contribution in [2.75, 3.05) is 18.0 Å². The third-order valence-corrected chi connectivity index (χ3v) is 3.02. The third kappa shape index (κ3) is 3.79. The molecule has 0 saturated heterocycles. The molecule has 1 heterocycles. The maximum atomic E-state index is 12.2. The molecule has 1 aromatic heterocycles. The van der Waals surface area contributed by atoms with Crippen molar-refractivity contribution in [3.8, 4) is 0 Å². The van der Waals surface area contributed by atoms with Gasteiger partial charge in [0.05, 0.1) is 11.3 Å². The minimum absolute atomic E-state index is 0.139. The first kappa shape index (κ1) is 16.1. The van der Waals surface area contributed by atoms with Crippen LogP contribution in [0.1, 0.15) is 56.6 Å². The monoisotopic (exact) mass is 276 g/mol. The van der Waals surface area contributed by atoms with Crippen LogP contribution in [-0.2, 0) is 0 Å². The molecular weight excluding hydrogens is 252 g/mol. The number of carbonyl (C=O) groups excluding carboxylic acids is 1. The number of anilines is 1. The van der Waals surface area contributed by atoms with Crippen molar-refractivity contribution in [1.82, 2.24) is 9.97 Å². The lowest BCUT2D eigenvalue weighted by Crippen LogP contribution is -2.25. The van der Waals surface area contributed by atoms with Gasteiger partial charge < -0.3 is 10.6 Å². The molecule has 0 spiro atoms. The van der Waals surface area contributed by atoms with Crippen LogP contribution < -0.4 is 10.6 Å². The van der Waals surface area contributed by atoms with E-state index >= 15 is 0 Å². The van der Waals surface area contributed by atoms with Crippen molar-refractivity contribution in [3.63, 3.8) is 0 Å². The summed E-state index contributed by atoms with van der Waals surface area (Å²) in [7, 11) is 0. The van der Waals surface area contributed by atoms with Crippen molar-refractivity contribution in [2.24, 2.45) is 5.73 Å². The summed E-state index contributed by atoms with van der Waals surface area (Å²) in [6.45, 7) is 11.5. The highest BCUT2D eigenvalue weighted by Gasteiger charge is 2.17. The molecule has 0 fully saturated rings. The van der Waals surface area contributed by atoms with Gasteiger partial charge in [0.2, 0.25) is 5.95 Å². The van der Waals surface area contributed by atoms with Crippen LogP contribution >= 0.6 is 0 Å². The number of allylic oxidation sites excluding steroid dienone is 2. The summed E-state index contributed by atoms with van der Waals surface area (Å²) in [5.41, 5.74) is 7.35. The molecule has 0 aliphatic rings. The summed E-state index contributed by atoms with van der Waals surface area (Å²) in [5, 5.41) is 0. The number of nitrogens with zero attached hydrogens (tertiary/aromatic N) is 3. The highest BCUT2D eigenvalue weighted by atomic mass is 16.1. The number of ketones is 1. The zero-order chi connectivity index (χ0) is 15.3. The van der Waals surface area contributed by atoms with Gasteiger partial charge >= 0.3 is 0 Å². The first-order chi connectivity index (χ1) is 9.40. The molecule has 0 unspecified atom stereocenters. The predicted octanol–water partition coefficient (Wildman–Crippen LogP) is 2.49. The van der Waals surface area contributed by atoms with Gasteiger partial charge in [-0.15, -0.1) is 0 Å². The standard InChI is InChI=1S/C15H24N4O/c1-6-19(7-2)15-17-9-12(13(20)8-11(5)16)14(18-15)10(3)4/h8-10H,6-7,16H2,1-5H3. The average Bonchev–Trinajstić information content (AvgIpc) is 2.39. The van der Waals surface area contributed by atoms with E-state index in [2.05, 4.69) is 28.7 Å². The van der Waals surface area contributed by atoms with Crippen molar-refractivity contribution >= 4 is 11.7 Å². The molecule has 5 nitrogen and oxygen atoms in total. The average molecular weight is 276 g/mol. The van der Waals surface area contributed by atoms with Gasteiger partial charge in [-0.2, -0.15) is 0 Å². The van der Waals surface area contributed by atoms with Gasteiger partial charge in [-0.25, -0.2) is 9.97 Å². The minimum atomic E-state index is -0.139. The first-order valence-electron chi connectivity index (χ1n) is 7.00. The van der Waals surface area contributed by atoms with Crippen molar-refractivity contribution in [3.05, 3.63) is 29.2 Å². The fraction of sp³-hybridized carbons (Fsp3) is 0.533. The summed E-state index contributed by atoms with van der Waals surface area (Å²) in [6.07, 6.45) is 3.03. The summed E-state index contributed by atoms with van der Waals surface area (Å²) >= 11 is 0.